The van der Waals surface area contributed by atoms with Crippen LogP contribution in [0.4, 0.5) is 0 Å². The van der Waals surface area contributed by atoms with E-state index in [1.807, 2.05) is 28.8 Å². The van der Waals surface area contributed by atoms with Crippen LogP contribution >= 0.6 is 0 Å². The highest BCUT2D eigenvalue weighted by atomic mass is 16.5. The normalized spacial score (nSPS) is 14.2. The minimum absolute atomic E-state index is 0.118. The molecule has 3 heterocycles. The molecule has 200 valence electrons. The average Bonchev–Trinajstić information content (AvgIpc) is 3.64. The van der Waals surface area contributed by atoms with Gasteiger partial charge in [-0.3, -0.25) is 4.79 Å². The molecular formula is C29H32N8O2. The second kappa shape index (κ2) is 11.2. The fraction of sp³-hybridized carbons (Fsp3) is 0.379. The maximum atomic E-state index is 13.1. The first-order valence-electron chi connectivity index (χ1n) is 13.8. The molecule has 0 amide bonds. The Kier molecular flexibility index (Phi) is 7.16. The average molecular weight is 525 g/mol. The van der Waals surface area contributed by atoms with Crippen molar-refractivity contribution in [1.82, 2.24) is 40.4 Å². The fourth-order valence-electron chi connectivity index (χ4n) is 5.38. The van der Waals surface area contributed by atoms with Gasteiger partial charge in [0.15, 0.2) is 5.52 Å². The molecule has 0 aliphatic heterocycles. The summed E-state index contributed by atoms with van der Waals surface area (Å²) in [6.45, 7) is 2.68. The molecule has 6 rings (SSSR count). The molecule has 39 heavy (non-hydrogen) atoms. The summed E-state index contributed by atoms with van der Waals surface area (Å²) >= 11 is 0. The van der Waals surface area contributed by atoms with Gasteiger partial charge >= 0.3 is 0 Å². The molecule has 0 atom stereocenters. The maximum absolute atomic E-state index is 13.1. The Morgan fingerprint density at radius 2 is 1.79 bits per heavy atom. The number of nitrogens with one attached hydrogen (secondary N) is 2. The van der Waals surface area contributed by atoms with Gasteiger partial charge in [-0.2, -0.15) is 5.21 Å². The number of rotatable bonds is 9. The third-order valence-corrected chi connectivity index (χ3v) is 7.43. The molecule has 5 aromatic rings. The summed E-state index contributed by atoms with van der Waals surface area (Å²) in [5.74, 6) is 1.87. The third kappa shape index (κ3) is 5.19. The van der Waals surface area contributed by atoms with E-state index in [1.165, 1.54) is 6.42 Å². The van der Waals surface area contributed by atoms with Gasteiger partial charge in [0.2, 0.25) is 5.82 Å². The van der Waals surface area contributed by atoms with Crippen LogP contribution in [0.15, 0.2) is 53.3 Å². The minimum atomic E-state index is -0.248. The van der Waals surface area contributed by atoms with E-state index < -0.39 is 0 Å². The van der Waals surface area contributed by atoms with Crippen molar-refractivity contribution in [3.8, 4) is 28.4 Å². The Labute approximate surface area is 225 Å². The van der Waals surface area contributed by atoms with Crippen LogP contribution in [0.1, 0.15) is 63.3 Å². The molecule has 1 aliphatic rings. The van der Waals surface area contributed by atoms with Crippen LogP contribution in [0, 0.1) is 0 Å². The van der Waals surface area contributed by atoms with E-state index in [1.54, 1.807) is 0 Å². The Morgan fingerprint density at radius 3 is 2.54 bits per heavy atom. The number of hydrogen-bond donors (Lipinski definition) is 2. The lowest BCUT2D eigenvalue weighted by Gasteiger charge is -2.22. The summed E-state index contributed by atoms with van der Waals surface area (Å²) in [5, 5.41) is 21.5. The van der Waals surface area contributed by atoms with Gasteiger partial charge < -0.3 is 9.30 Å². The van der Waals surface area contributed by atoms with Gasteiger partial charge in [-0.1, -0.05) is 68.3 Å². The minimum Gasteiger partial charge on any atom is -0.472 e. The first-order chi connectivity index (χ1) is 19.2. The summed E-state index contributed by atoms with van der Waals surface area (Å²) in [5.41, 5.74) is 4.88. The molecule has 3 aromatic heterocycles. The van der Waals surface area contributed by atoms with Gasteiger partial charge in [-0.05, 0) is 54.0 Å². The second-order valence-corrected chi connectivity index (χ2v) is 10.1. The van der Waals surface area contributed by atoms with Crippen molar-refractivity contribution in [2.75, 3.05) is 0 Å². The summed E-state index contributed by atoms with van der Waals surface area (Å²) < 4.78 is 8.31. The van der Waals surface area contributed by atoms with E-state index in [-0.39, 0.29) is 11.7 Å². The number of benzene rings is 2. The number of imidazole rings is 1. The smallest absolute Gasteiger partial charge is 0.290 e. The maximum Gasteiger partial charge on any atom is 0.290 e. The van der Waals surface area contributed by atoms with Crippen molar-refractivity contribution in [3.63, 3.8) is 0 Å². The van der Waals surface area contributed by atoms with Crippen molar-refractivity contribution >= 4 is 11.0 Å². The van der Waals surface area contributed by atoms with Crippen LogP contribution in [0.3, 0.4) is 0 Å². The number of aromatic amines is 2. The van der Waals surface area contributed by atoms with Crippen LogP contribution in [0.5, 0.6) is 5.88 Å². The number of fused-ring (bicyclic) bond motifs is 1. The molecule has 1 fully saturated rings. The van der Waals surface area contributed by atoms with Crippen LogP contribution in [-0.4, -0.2) is 46.5 Å². The van der Waals surface area contributed by atoms with Crippen molar-refractivity contribution in [2.24, 2.45) is 0 Å². The second-order valence-electron chi connectivity index (χ2n) is 10.1. The standard InChI is InChI=1S/C29H32N8O2/c1-2-3-13-24-30-25-26(28(38)33-34-29(25)39-21-9-5-4-6-10-21)37(24)18-19-14-16-20(17-15-19)22-11-7-8-12-23(22)27-31-35-36-32-27/h7-8,11-12,14-17,21H,2-6,9-10,13,18H2,1H3,(H,33,38)(H,31,32,35,36). The highest BCUT2D eigenvalue weighted by Crippen LogP contribution is 2.31. The van der Waals surface area contributed by atoms with Gasteiger partial charge in [-0.25, -0.2) is 10.1 Å². The first-order valence-corrected chi connectivity index (χ1v) is 13.8. The molecule has 0 unspecified atom stereocenters. The Morgan fingerprint density at radius 1 is 1.00 bits per heavy atom. The number of ether oxygens (including phenoxy) is 1. The van der Waals surface area contributed by atoms with Gasteiger partial charge in [0.1, 0.15) is 17.4 Å². The highest BCUT2D eigenvalue weighted by Gasteiger charge is 2.22. The molecule has 2 N–H and O–H groups in total. The van der Waals surface area contributed by atoms with E-state index in [4.69, 9.17) is 9.72 Å². The van der Waals surface area contributed by atoms with Crippen molar-refractivity contribution in [1.29, 1.82) is 0 Å². The van der Waals surface area contributed by atoms with Crippen LogP contribution in [0.2, 0.25) is 0 Å². The van der Waals surface area contributed by atoms with E-state index in [2.05, 4.69) is 62.0 Å². The monoisotopic (exact) mass is 524 g/mol. The van der Waals surface area contributed by atoms with E-state index in [0.29, 0.717) is 29.3 Å². The van der Waals surface area contributed by atoms with E-state index in [9.17, 15) is 4.79 Å². The SMILES string of the molecule is CCCCc1nc2c(OC3CCCCC3)n[nH]c(=O)c2n1Cc1ccc(-c2ccccc2-c2nn[nH]n2)cc1. The predicted octanol–water partition coefficient (Wildman–Crippen LogP) is 5.07. The van der Waals surface area contributed by atoms with Crippen molar-refractivity contribution in [2.45, 2.75) is 70.9 Å². The third-order valence-electron chi connectivity index (χ3n) is 7.43. The number of aryl methyl sites for hydroxylation is 1. The Bertz CT molecular complexity index is 1600. The fourth-order valence-corrected chi connectivity index (χ4v) is 5.38. The number of aromatic nitrogens is 8. The van der Waals surface area contributed by atoms with Crippen LogP contribution in [-0.2, 0) is 13.0 Å². The molecule has 0 spiro atoms. The quantitative estimate of drug-likeness (QED) is 0.276. The molecule has 0 saturated heterocycles. The van der Waals surface area contributed by atoms with Crippen LogP contribution < -0.4 is 10.3 Å². The lowest BCUT2D eigenvalue weighted by atomic mass is 9.98. The Balaban J connectivity index is 1.34. The molecule has 2 aromatic carbocycles. The molecule has 10 heteroatoms. The molecule has 1 saturated carbocycles. The zero-order valence-corrected chi connectivity index (χ0v) is 22.1. The lowest BCUT2D eigenvalue weighted by Crippen LogP contribution is -2.22. The topological polar surface area (TPSA) is 127 Å². The van der Waals surface area contributed by atoms with Crippen molar-refractivity contribution in [3.05, 3.63) is 70.3 Å². The van der Waals surface area contributed by atoms with Gasteiger partial charge in [-0.15, -0.1) is 15.3 Å². The largest absolute Gasteiger partial charge is 0.472 e. The summed E-state index contributed by atoms with van der Waals surface area (Å²) in [4.78, 5) is 18.0. The number of tetrazole rings is 1. The first kappa shape index (κ1) is 25.0. The van der Waals surface area contributed by atoms with E-state index >= 15 is 0 Å². The highest BCUT2D eigenvalue weighted by molar-refractivity contribution is 5.81. The lowest BCUT2D eigenvalue weighted by molar-refractivity contribution is 0.149. The molecule has 1 aliphatic carbocycles. The molecular weight excluding hydrogens is 492 g/mol. The Hall–Kier alpha value is -4.34. The zero-order valence-electron chi connectivity index (χ0n) is 22.1. The van der Waals surface area contributed by atoms with Gasteiger partial charge in [0, 0.05) is 18.5 Å². The number of hydrogen-bond acceptors (Lipinski definition) is 7. The zero-order chi connectivity index (χ0) is 26.6. The van der Waals surface area contributed by atoms with Crippen molar-refractivity contribution < 1.29 is 4.74 Å². The summed E-state index contributed by atoms with van der Waals surface area (Å²) in [7, 11) is 0. The van der Waals surface area contributed by atoms with Gasteiger partial charge in [0.05, 0.1) is 0 Å². The molecule has 10 nitrogen and oxygen atoms in total. The van der Waals surface area contributed by atoms with E-state index in [0.717, 1.165) is 73.0 Å². The molecule has 0 radical (unpaired) electrons. The van der Waals surface area contributed by atoms with Gasteiger partial charge in [0.25, 0.3) is 11.4 Å². The number of unbranched alkanes of at least 4 members (excludes halogenated alkanes) is 1. The summed E-state index contributed by atoms with van der Waals surface area (Å²) in [6.07, 6.45) is 8.49. The number of nitrogens with zero attached hydrogens (tertiary/aromatic N) is 6. The predicted molar refractivity (Wildman–Crippen MR) is 148 cm³/mol. The summed E-state index contributed by atoms with van der Waals surface area (Å²) in [6, 6.07) is 16.3. The molecule has 0 bridgehead atoms. The van der Waals surface area contributed by atoms with Crippen LogP contribution in [0.25, 0.3) is 33.5 Å². The number of H-pyrrole nitrogens is 2.